The number of nitrogens with zero attached hydrogens (tertiary/aromatic N) is 2. The van der Waals surface area contributed by atoms with Gasteiger partial charge in [0.1, 0.15) is 5.82 Å². The van der Waals surface area contributed by atoms with Crippen LogP contribution in [-0.4, -0.2) is 27.0 Å². The van der Waals surface area contributed by atoms with E-state index in [9.17, 15) is 36.2 Å². The minimum atomic E-state index is -6.03. The van der Waals surface area contributed by atoms with Crippen molar-refractivity contribution in [3.05, 3.63) is 106 Å². The van der Waals surface area contributed by atoms with Crippen molar-refractivity contribution >= 4 is 10.9 Å². The minimum Gasteiger partial charge on any atom is -0.369 e. The van der Waals surface area contributed by atoms with Crippen LogP contribution >= 0.6 is 0 Å². The lowest BCUT2D eigenvalue weighted by atomic mass is 9.92. The average molecular weight is 493 g/mol. The molecule has 1 unspecified atom stereocenters. The number of rotatable bonds is 4. The molecule has 0 spiro atoms. The van der Waals surface area contributed by atoms with Crippen LogP contribution < -0.4 is 11.3 Å². The first-order valence-electron chi connectivity index (χ1n) is 10.1. The molecule has 0 aliphatic heterocycles. The quantitative estimate of drug-likeness (QED) is 0.403. The highest BCUT2D eigenvalue weighted by atomic mass is 19.4. The summed E-state index contributed by atoms with van der Waals surface area (Å²) in [5.41, 5.74) is 0.0221. The Morgan fingerprint density at radius 1 is 0.800 bits per heavy atom. The Kier molecular flexibility index (Phi) is 5.94. The molecule has 4 rings (SSSR count). The summed E-state index contributed by atoms with van der Waals surface area (Å²) in [6, 6.07) is 16.6. The van der Waals surface area contributed by atoms with Crippen molar-refractivity contribution in [1.29, 1.82) is 0 Å². The first-order chi connectivity index (χ1) is 16.4. The van der Waals surface area contributed by atoms with E-state index in [1.165, 1.54) is 6.07 Å². The summed E-state index contributed by atoms with van der Waals surface area (Å²) in [4.78, 5) is 17.8. The first kappa shape index (κ1) is 24.4. The maximum absolute atomic E-state index is 13.3. The van der Waals surface area contributed by atoms with Crippen LogP contribution in [0.2, 0.25) is 0 Å². The number of hydrogen-bond acceptors (Lipinski definition) is 4. The summed E-state index contributed by atoms with van der Waals surface area (Å²) in [7, 11) is 0. The molecule has 1 aromatic heterocycles. The largest absolute Gasteiger partial charge is 0.430 e. The second-order valence-corrected chi connectivity index (χ2v) is 7.77. The maximum atomic E-state index is 13.3. The van der Waals surface area contributed by atoms with Gasteiger partial charge in [-0.2, -0.15) is 26.3 Å². The molecule has 0 amide bonds. The van der Waals surface area contributed by atoms with Crippen molar-refractivity contribution in [3.8, 4) is 5.69 Å². The zero-order chi connectivity index (χ0) is 25.6. The molecule has 0 aliphatic carbocycles. The summed E-state index contributed by atoms with van der Waals surface area (Å²) in [5.74, 6) is 0.0227. The van der Waals surface area contributed by atoms with Crippen LogP contribution in [0.4, 0.5) is 26.3 Å². The standard InChI is InChI=1S/C24H17F6N3O2/c25-23(26,27)22(35,24(28,29)30)15-10-12-16(13-11-15)33-20(19(31)14-6-2-1-3-7-14)32-18-9-5-4-8-17(18)21(33)34/h1-13,19,35H,31H2. The monoisotopic (exact) mass is 493 g/mol. The summed E-state index contributed by atoms with van der Waals surface area (Å²) in [5, 5.41) is 9.82. The fourth-order valence-corrected chi connectivity index (χ4v) is 3.76. The number of aliphatic hydroxyl groups is 1. The Morgan fingerprint density at radius 2 is 1.34 bits per heavy atom. The molecule has 0 fully saturated rings. The predicted molar refractivity (Wildman–Crippen MR) is 116 cm³/mol. The molecular weight excluding hydrogens is 476 g/mol. The number of aromatic nitrogens is 2. The summed E-state index contributed by atoms with van der Waals surface area (Å²) in [6.45, 7) is 0. The van der Waals surface area contributed by atoms with Crippen molar-refractivity contribution in [2.24, 2.45) is 5.73 Å². The van der Waals surface area contributed by atoms with Crippen LogP contribution in [0.25, 0.3) is 16.6 Å². The normalized spacial score (nSPS) is 13.7. The van der Waals surface area contributed by atoms with Gasteiger partial charge in [0.15, 0.2) is 0 Å². The van der Waals surface area contributed by atoms with Crippen molar-refractivity contribution in [2.45, 2.75) is 24.0 Å². The fourth-order valence-electron chi connectivity index (χ4n) is 3.76. The summed E-state index contributed by atoms with van der Waals surface area (Å²) < 4.78 is 80.6. The summed E-state index contributed by atoms with van der Waals surface area (Å²) in [6.07, 6.45) is -12.1. The number of benzene rings is 3. The van der Waals surface area contributed by atoms with Crippen LogP contribution in [0.5, 0.6) is 0 Å². The highest BCUT2D eigenvalue weighted by Crippen LogP contribution is 2.50. The Hall–Kier alpha value is -3.70. The molecule has 35 heavy (non-hydrogen) atoms. The lowest BCUT2D eigenvalue weighted by molar-refractivity contribution is -0.376. The third-order valence-corrected chi connectivity index (χ3v) is 5.60. The fraction of sp³-hybridized carbons (Fsp3) is 0.167. The molecule has 182 valence electrons. The van der Waals surface area contributed by atoms with Crippen LogP contribution in [0.15, 0.2) is 83.7 Å². The van der Waals surface area contributed by atoms with Gasteiger partial charge < -0.3 is 10.8 Å². The smallest absolute Gasteiger partial charge is 0.369 e. The van der Waals surface area contributed by atoms with Gasteiger partial charge in [-0.05, 0) is 29.8 Å². The van der Waals surface area contributed by atoms with Gasteiger partial charge >= 0.3 is 12.4 Å². The van der Waals surface area contributed by atoms with E-state index in [-0.39, 0.29) is 16.9 Å². The molecule has 0 saturated carbocycles. The van der Waals surface area contributed by atoms with Gasteiger partial charge in [-0.15, -0.1) is 0 Å². The zero-order valence-corrected chi connectivity index (χ0v) is 17.7. The average Bonchev–Trinajstić information content (AvgIpc) is 2.82. The van der Waals surface area contributed by atoms with E-state index in [1.54, 1.807) is 48.5 Å². The van der Waals surface area contributed by atoms with Gasteiger partial charge in [-0.1, -0.05) is 54.6 Å². The maximum Gasteiger partial charge on any atom is 0.430 e. The van der Waals surface area contributed by atoms with E-state index in [0.29, 0.717) is 23.2 Å². The van der Waals surface area contributed by atoms with Crippen molar-refractivity contribution < 1.29 is 31.4 Å². The molecule has 0 saturated heterocycles. The molecule has 4 aromatic rings. The molecule has 0 bridgehead atoms. The van der Waals surface area contributed by atoms with Crippen molar-refractivity contribution in [3.63, 3.8) is 0 Å². The SMILES string of the molecule is NC(c1ccccc1)c1nc2ccccc2c(=O)n1-c1ccc(C(O)(C(F)(F)F)C(F)(F)F)cc1. The number of nitrogens with two attached hydrogens (primary N) is 1. The second kappa shape index (κ2) is 8.51. The molecule has 0 aliphatic rings. The molecule has 0 radical (unpaired) electrons. The summed E-state index contributed by atoms with van der Waals surface area (Å²) >= 11 is 0. The van der Waals surface area contributed by atoms with Crippen LogP contribution in [0.3, 0.4) is 0 Å². The van der Waals surface area contributed by atoms with Gasteiger partial charge in [0, 0.05) is 5.56 Å². The third kappa shape index (κ3) is 4.06. The molecular formula is C24H17F6N3O2. The van der Waals surface area contributed by atoms with E-state index in [1.807, 2.05) is 0 Å². The van der Waals surface area contributed by atoms with E-state index in [4.69, 9.17) is 5.73 Å². The molecule has 5 nitrogen and oxygen atoms in total. The lowest BCUT2D eigenvalue weighted by Gasteiger charge is -2.32. The van der Waals surface area contributed by atoms with E-state index >= 15 is 0 Å². The Bertz CT molecular complexity index is 1400. The zero-order valence-electron chi connectivity index (χ0n) is 17.7. The molecule has 11 heteroatoms. The second-order valence-electron chi connectivity index (χ2n) is 7.77. The van der Waals surface area contributed by atoms with Gasteiger partial charge in [-0.3, -0.25) is 9.36 Å². The topological polar surface area (TPSA) is 81.1 Å². The van der Waals surface area contributed by atoms with Gasteiger partial charge in [0.25, 0.3) is 11.2 Å². The van der Waals surface area contributed by atoms with Crippen LogP contribution in [0, 0.1) is 0 Å². The van der Waals surface area contributed by atoms with Gasteiger partial charge in [0.2, 0.25) is 0 Å². The van der Waals surface area contributed by atoms with E-state index < -0.39 is 35.1 Å². The predicted octanol–water partition coefficient (Wildman–Crippen LogP) is 4.75. The first-order valence-corrected chi connectivity index (χ1v) is 10.1. The third-order valence-electron chi connectivity index (χ3n) is 5.60. The van der Waals surface area contributed by atoms with E-state index in [0.717, 1.165) is 16.7 Å². The highest BCUT2D eigenvalue weighted by Gasteiger charge is 2.71. The number of fused-ring (bicyclic) bond motifs is 1. The Labute approximate surface area is 194 Å². The molecule has 1 heterocycles. The lowest BCUT2D eigenvalue weighted by Crippen LogP contribution is -2.53. The molecule has 1 atom stereocenters. The number of halogens is 6. The number of hydrogen-bond donors (Lipinski definition) is 2. The van der Waals surface area contributed by atoms with Crippen molar-refractivity contribution in [1.82, 2.24) is 9.55 Å². The van der Waals surface area contributed by atoms with E-state index in [2.05, 4.69) is 4.98 Å². The van der Waals surface area contributed by atoms with Crippen LogP contribution in [0.1, 0.15) is 23.0 Å². The van der Waals surface area contributed by atoms with Gasteiger partial charge in [-0.25, -0.2) is 4.98 Å². The number of para-hydroxylation sites is 1. The molecule has 3 aromatic carbocycles. The molecule has 3 N–H and O–H groups in total. The number of alkyl halides is 6. The Balaban J connectivity index is 1.93. The highest BCUT2D eigenvalue weighted by molar-refractivity contribution is 5.78. The van der Waals surface area contributed by atoms with Gasteiger partial charge in [0.05, 0.1) is 22.6 Å². The van der Waals surface area contributed by atoms with Crippen molar-refractivity contribution in [2.75, 3.05) is 0 Å². The van der Waals surface area contributed by atoms with Crippen LogP contribution in [-0.2, 0) is 5.60 Å². The minimum absolute atomic E-state index is 0.0227. The Morgan fingerprint density at radius 3 is 1.91 bits per heavy atom.